The van der Waals surface area contributed by atoms with Gasteiger partial charge >= 0.3 is 0 Å². The number of rotatable bonds is 5. The van der Waals surface area contributed by atoms with Gasteiger partial charge in [-0.25, -0.2) is 9.97 Å². The summed E-state index contributed by atoms with van der Waals surface area (Å²) in [5, 5.41) is 18.8. The normalized spacial score (nSPS) is 12.5. The maximum Gasteiger partial charge on any atom is 0.137 e. The molecular weight excluding hydrogens is 306 g/mol. The zero-order chi connectivity index (χ0) is 14.7. The number of aliphatic hydroxyl groups is 1. The lowest BCUT2D eigenvalue weighted by atomic mass is 10.1. The van der Waals surface area contributed by atoms with Crippen LogP contribution in [0, 0.1) is 0 Å². The van der Waals surface area contributed by atoms with Crippen LogP contribution < -0.4 is 5.32 Å². The highest BCUT2D eigenvalue weighted by molar-refractivity contribution is 7.07. The fraction of sp³-hybridized carbons (Fsp3) is 0.200. The van der Waals surface area contributed by atoms with E-state index in [1.54, 1.807) is 17.4 Å². The molecule has 3 aromatic rings. The highest BCUT2D eigenvalue weighted by Gasteiger charge is 2.09. The molecule has 0 saturated carbocycles. The van der Waals surface area contributed by atoms with Gasteiger partial charge in [-0.1, -0.05) is 11.6 Å². The quantitative estimate of drug-likeness (QED) is 0.749. The van der Waals surface area contributed by atoms with Gasteiger partial charge < -0.3 is 10.4 Å². The van der Waals surface area contributed by atoms with E-state index in [1.165, 1.54) is 6.33 Å². The number of halogens is 1. The first-order valence-corrected chi connectivity index (χ1v) is 7.90. The molecule has 2 aromatic heterocycles. The summed E-state index contributed by atoms with van der Waals surface area (Å²) in [5.41, 5.74) is 1.80. The topological polar surface area (TPSA) is 58.0 Å². The highest BCUT2D eigenvalue weighted by Crippen LogP contribution is 2.24. The van der Waals surface area contributed by atoms with Gasteiger partial charge in [-0.05, 0) is 47.0 Å². The van der Waals surface area contributed by atoms with Crippen molar-refractivity contribution in [2.75, 3.05) is 11.9 Å². The summed E-state index contributed by atoms with van der Waals surface area (Å²) in [4.78, 5) is 8.46. The van der Waals surface area contributed by atoms with E-state index >= 15 is 0 Å². The van der Waals surface area contributed by atoms with Crippen LogP contribution in [0.15, 0.2) is 41.4 Å². The fourth-order valence-electron chi connectivity index (χ4n) is 2.13. The number of benzene rings is 1. The van der Waals surface area contributed by atoms with E-state index in [0.29, 0.717) is 18.0 Å². The SMILES string of the molecule is OC(CCNc1ncnc2ccc(Cl)cc12)c1ccsc1. The van der Waals surface area contributed by atoms with E-state index in [9.17, 15) is 5.11 Å². The van der Waals surface area contributed by atoms with Crippen molar-refractivity contribution in [2.45, 2.75) is 12.5 Å². The van der Waals surface area contributed by atoms with Crippen LogP contribution in [-0.4, -0.2) is 21.6 Å². The first kappa shape index (κ1) is 14.3. The average molecular weight is 320 g/mol. The minimum Gasteiger partial charge on any atom is -0.388 e. The molecule has 0 radical (unpaired) electrons. The summed E-state index contributed by atoms with van der Waals surface area (Å²) in [7, 11) is 0. The third-order valence-corrected chi connectivity index (χ3v) is 4.17. The van der Waals surface area contributed by atoms with Gasteiger partial charge in [0.1, 0.15) is 12.1 Å². The largest absolute Gasteiger partial charge is 0.388 e. The lowest BCUT2D eigenvalue weighted by Crippen LogP contribution is -2.08. The van der Waals surface area contributed by atoms with Crippen molar-refractivity contribution in [1.82, 2.24) is 9.97 Å². The Balaban J connectivity index is 1.69. The average Bonchev–Trinajstić information content (AvgIpc) is 3.02. The molecule has 0 saturated heterocycles. The van der Waals surface area contributed by atoms with Crippen LogP contribution in [0.3, 0.4) is 0 Å². The Labute approximate surface area is 131 Å². The van der Waals surface area contributed by atoms with Crippen molar-refractivity contribution in [3.63, 3.8) is 0 Å². The number of aliphatic hydroxyl groups excluding tert-OH is 1. The molecule has 0 aliphatic heterocycles. The molecule has 2 N–H and O–H groups in total. The van der Waals surface area contributed by atoms with E-state index in [-0.39, 0.29) is 0 Å². The van der Waals surface area contributed by atoms with Gasteiger partial charge in [0, 0.05) is 17.0 Å². The van der Waals surface area contributed by atoms with Crippen molar-refractivity contribution in [2.24, 2.45) is 0 Å². The van der Waals surface area contributed by atoms with Gasteiger partial charge in [-0.15, -0.1) is 0 Å². The lowest BCUT2D eigenvalue weighted by molar-refractivity contribution is 0.172. The molecule has 108 valence electrons. The molecule has 0 amide bonds. The summed E-state index contributed by atoms with van der Waals surface area (Å²) in [5.74, 6) is 0.736. The second-order valence-corrected chi connectivity index (χ2v) is 5.89. The minimum atomic E-state index is -0.458. The Morgan fingerprint density at radius 2 is 2.19 bits per heavy atom. The molecule has 0 fully saturated rings. The van der Waals surface area contributed by atoms with Crippen molar-refractivity contribution < 1.29 is 5.11 Å². The van der Waals surface area contributed by atoms with Gasteiger partial charge in [-0.3, -0.25) is 0 Å². The fourth-order valence-corrected chi connectivity index (χ4v) is 3.01. The summed E-state index contributed by atoms with van der Waals surface area (Å²) in [6.45, 7) is 0.621. The van der Waals surface area contributed by atoms with Crippen LogP contribution in [-0.2, 0) is 0 Å². The first-order chi connectivity index (χ1) is 10.2. The van der Waals surface area contributed by atoms with Crippen LogP contribution in [0.4, 0.5) is 5.82 Å². The summed E-state index contributed by atoms with van der Waals surface area (Å²) < 4.78 is 0. The predicted octanol–water partition coefficient (Wildman–Crippen LogP) is 3.88. The molecular formula is C15H14ClN3OS. The number of nitrogens with zero attached hydrogens (tertiary/aromatic N) is 2. The maximum absolute atomic E-state index is 10.1. The lowest BCUT2D eigenvalue weighted by Gasteiger charge is -2.11. The highest BCUT2D eigenvalue weighted by atomic mass is 35.5. The number of hydrogen-bond acceptors (Lipinski definition) is 5. The van der Waals surface area contributed by atoms with Crippen LogP contribution in [0.2, 0.25) is 5.02 Å². The van der Waals surface area contributed by atoms with Crippen LogP contribution >= 0.6 is 22.9 Å². The Bertz CT molecular complexity index is 733. The van der Waals surface area contributed by atoms with E-state index in [1.807, 2.05) is 29.0 Å². The number of aromatic nitrogens is 2. The van der Waals surface area contributed by atoms with Crippen molar-refractivity contribution in [1.29, 1.82) is 0 Å². The van der Waals surface area contributed by atoms with Crippen molar-refractivity contribution in [3.05, 3.63) is 51.9 Å². The van der Waals surface area contributed by atoms with Crippen molar-refractivity contribution >= 4 is 39.7 Å². The van der Waals surface area contributed by atoms with Crippen LogP contribution in [0.1, 0.15) is 18.1 Å². The first-order valence-electron chi connectivity index (χ1n) is 6.58. The second kappa shape index (κ2) is 6.39. The zero-order valence-corrected chi connectivity index (χ0v) is 12.7. The standard InChI is InChI=1S/C15H14ClN3OS/c16-11-1-2-13-12(7-11)15(19-9-18-13)17-5-3-14(20)10-4-6-21-8-10/h1-2,4,6-9,14,20H,3,5H2,(H,17,18,19). The zero-order valence-electron chi connectivity index (χ0n) is 11.2. The Hall–Kier alpha value is -1.69. The summed E-state index contributed by atoms with van der Waals surface area (Å²) in [6, 6.07) is 7.45. The van der Waals surface area contributed by atoms with Gasteiger partial charge in [0.05, 0.1) is 11.6 Å². The smallest absolute Gasteiger partial charge is 0.137 e. The molecule has 0 aliphatic carbocycles. The summed E-state index contributed by atoms with van der Waals surface area (Å²) in [6.07, 6.45) is 1.68. The number of fused-ring (bicyclic) bond motifs is 1. The molecule has 21 heavy (non-hydrogen) atoms. The predicted molar refractivity (Wildman–Crippen MR) is 86.9 cm³/mol. The van der Waals surface area contributed by atoms with Gasteiger partial charge in [0.2, 0.25) is 0 Å². The van der Waals surface area contributed by atoms with Gasteiger partial charge in [0.25, 0.3) is 0 Å². The molecule has 0 spiro atoms. The number of anilines is 1. The van der Waals surface area contributed by atoms with Crippen LogP contribution in [0.25, 0.3) is 10.9 Å². The second-order valence-electron chi connectivity index (χ2n) is 4.67. The number of thiophene rings is 1. The molecule has 1 unspecified atom stereocenters. The third kappa shape index (κ3) is 3.32. The van der Waals surface area contributed by atoms with Gasteiger partial charge in [0.15, 0.2) is 0 Å². The summed E-state index contributed by atoms with van der Waals surface area (Å²) >= 11 is 7.61. The molecule has 1 atom stereocenters. The Morgan fingerprint density at radius 3 is 3.00 bits per heavy atom. The number of nitrogens with one attached hydrogen (secondary N) is 1. The Kier molecular flexibility index (Phi) is 4.34. The monoisotopic (exact) mass is 319 g/mol. The maximum atomic E-state index is 10.1. The van der Waals surface area contributed by atoms with E-state index in [2.05, 4.69) is 15.3 Å². The molecule has 3 rings (SSSR count). The van der Waals surface area contributed by atoms with E-state index < -0.39 is 6.10 Å². The number of hydrogen-bond donors (Lipinski definition) is 2. The van der Waals surface area contributed by atoms with E-state index in [0.717, 1.165) is 22.3 Å². The third-order valence-electron chi connectivity index (χ3n) is 3.24. The Morgan fingerprint density at radius 1 is 1.29 bits per heavy atom. The molecule has 2 heterocycles. The molecule has 0 bridgehead atoms. The molecule has 0 aliphatic rings. The molecule has 6 heteroatoms. The van der Waals surface area contributed by atoms with E-state index in [4.69, 9.17) is 11.6 Å². The van der Waals surface area contributed by atoms with Crippen molar-refractivity contribution in [3.8, 4) is 0 Å². The molecule has 1 aromatic carbocycles. The van der Waals surface area contributed by atoms with Gasteiger partial charge in [-0.2, -0.15) is 11.3 Å². The van der Waals surface area contributed by atoms with Crippen LogP contribution in [0.5, 0.6) is 0 Å². The molecule has 4 nitrogen and oxygen atoms in total. The minimum absolute atomic E-state index is 0.458.